The molecule has 1 saturated heterocycles. The van der Waals surface area contributed by atoms with Crippen molar-refractivity contribution in [2.24, 2.45) is 11.7 Å². The highest BCUT2D eigenvalue weighted by atomic mass is 15.2. The predicted octanol–water partition coefficient (Wildman–Crippen LogP) is 1.07. The molecule has 0 aromatic carbocycles. The molecule has 74 valence electrons. The fourth-order valence-electron chi connectivity index (χ4n) is 2.09. The Bertz CT molecular complexity index is 202. The molecule has 2 heteroatoms. The van der Waals surface area contributed by atoms with Gasteiger partial charge in [-0.25, -0.2) is 0 Å². The van der Waals surface area contributed by atoms with Crippen LogP contribution in [0.5, 0.6) is 0 Å². The highest BCUT2D eigenvalue weighted by molar-refractivity contribution is 5.00. The Morgan fingerprint density at radius 3 is 2.92 bits per heavy atom. The van der Waals surface area contributed by atoms with Gasteiger partial charge in [-0.05, 0) is 32.2 Å². The minimum atomic E-state index is 0.551. The number of nitrogens with zero attached hydrogens (tertiary/aromatic N) is 1. The van der Waals surface area contributed by atoms with Crippen molar-refractivity contribution in [2.75, 3.05) is 19.6 Å². The van der Waals surface area contributed by atoms with Gasteiger partial charge >= 0.3 is 0 Å². The quantitative estimate of drug-likeness (QED) is 0.644. The number of nitrogens with two attached hydrogens (primary N) is 1. The van der Waals surface area contributed by atoms with Gasteiger partial charge in [-0.3, -0.25) is 4.90 Å². The molecule has 1 aliphatic rings. The van der Waals surface area contributed by atoms with E-state index < -0.39 is 0 Å². The standard InChI is InChI=1S/C11H20N2/c1-3-4-7-13-8-5-6-10(2)11(13)9-12/h10-11H,5-9,12H2,1-2H3. The third kappa shape index (κ3) is 2.72. The van der Waals surface area contributed by atoms with Crippen LogP contribution < -0.4 is 5.73 Å². The zero-order valence-corrected chi connectivity index (χ0v) is 8.71. The first kappa shape index (κ1) is 10.6. The maximum Gasteiger partial charge on any atom is 0.0604 e. The molecular weight excluding hydrogens is 160 g/mol. The van der Waals surface area contributed by atoms with E-state index in [1.54, 1.807) is 0 Å². The Hall–Kier alpha value is -0.520. The Morgan fingerprint density at radius 1 is 1.54 bits per heavy atom. The molecule has 0 aliphatic carbocycles. The van der Waals surface area contributed by atoms with Gasteiger partial charge in [-0.15, -0.1) is 5.92 Å². The van der Waals surface area contributed by atoms with E-state index in [2.05, 4.69) is 23.7 Å². The molecule has 13 heavy (non-hydrogen) atoms. The summed E-state index contributed by atoms with van der Waals surface area (Å²) in [5, 5.41) is 0. The second-order valence-corrected chi connectivity index (χ2v) is 3.82. The number of likely N-dealkylation sites (tertiary alicyclic amines) is 1. The van der Waals surface area contributed by atoms with E-state index in [9.17, 15) is 0 Å². The van der Waals surface area contributed by atoms with Gasteiger partial charge in [-0.2, -0.15) is 0 Å². The summed E-state index contributed by atoms with van der Waals surface area (Å²) in [5.74, 6) is 6.80. The van der Waals surface area contributed by atoms with Crippen LogP contribution >= 0.6 is 0 Å². The normalized spacial score (nSPS) is 29.5. The van der Waals surface area contributed by atoms with Crippen LogP contribution in [0.4, 0.5) is 0 Å². The van der Waals surface area contributed by atoms with E-state index in [0.717, 1.165) is 19.0 Å². The zero-order chi connectivity index (χ0) is 9.68. The molecule has 1 aliphatic heterocycles. The van der Waals surface area contributed by atoms with Crippen LogP contribution in [0.2, 0.25) is 0 Å². The van der Waals surface area contributed by atoms with E-state index in [-0.39, 0.29) is 0 Å². The number of hydrogen-bond donors (Lipinski definition) is 1. The average molecular weight is 180 g/mol. The molecule has 2 atom stereocenters. The lowest BCUT2D eigenvalue weighted by Crippen LogP contribution is -2.48. The minimum Gasteiger partial charge on any atom is -0.329 e. The molecule has 2 nitrogen and oxygen atoms in total. The summed E-state index contributed by atoms with van der Waals surface area (Å²) in [5.41, 5.74) is 5.77. The van der Waals surface area contributed by atoms with Crippen molar-refractivity contribution in [3.05, 3.63) is 0 Å². The smallest absolute Gasteiger partial charge is 0.0604 e. The van der Waals surface area contributed by atoms with Crippen LogP contribution in [0.15, 0.2) is 0 Å². The topological polar surface area (TPSA) is 29.3 Å². The predicted molar refractivity (Wildman–Crippen MR) is 56.3 cm³/mol. The summed E-state index contributed by atoms with van der Waals surface area (Å²) in [7, 11) is 0. The molecule has 0 spiro atoms. The van der Waals surface area contributed by atoms with Gasteiger partial charge in [0.05, 0.1) is 6.54 Å². The fraction of sp³-hybridized carbons (Fsp3) is 0.818. The van der Waals surface area contributed by atoms with Crippen molar-refractivity contribution in [3.8, 4) is 11.8 Å². The van der Waals surface area contributed by atoms with Gasteiger partial charge in [0.2, 0.25) is 0 Å². The molecule has 0 aromatic rings. The zero-order valence-electron chi connectivity index (χ0n) is 8.71. The van der Waals surface area contributed by atoms with E-state index in [1.165, 1.54) is 19.4 Å². The Balaban J connectivity index is 2.52. The maximum absolute atomic E-state index is 5.77. The molecule has 2 unspecified atom stereocenters. The molecule has 0 saturated carbocycles. The third-order valence-electron chi connectivity index (χ3n) is 2.93. The van der Waals surface area contributed by atoms with Crippen LogP contribution in [0.3, 0.4) is 0 Å². The second kappa shape index (κ2) is 5.26. The van der Waals surface area contributed by atoms with Gasteiger partial charge in [-0.1, -0.05) is 12.8 Å². The first-order chi connectivity index (χ1) is 6.29. The van der Waals surface area contributed by atoms with Gasteiger partial charge < -0.3 is 5.73 Å². The average Bonchev–Trinajstić information content (AvgIpc) is 2.15. The van der Waals surface area contributed by atoms with E-state index >= 15 is 0 Å². The molecule has 1 heterocycles. The Labute approximate surface area is 81.5 Å². The summed E-state index contributed by atoms with van der Waals surface area (Å²) in [4.78, 5) is 2.42. The largest absolute Gasteiger partial charge is 0.329 e. The molecular formula is C11H20N2. The fourth-order valence-corrected chi connectivity index (χ4v) is 2.09. The molecule has 2 N–H and O–H groups in total. The number of rotatable bonds is 2. The van der Waals surface area contributed by atoms with Crippen molar-refractivity contribution in [2.45, 2.75) is 32.7 Å². The Kier molecular flexibility index (Phi) is 4.27. The first-order valence-electron chi connectivity index (χ1n) is 5.13. The van der Waals surface area contributed by atoms with E-state index in [1.807, 2.05) is 6.92 Å². The highest BCUT2D eigenvalue weighted by Crippen LogP contribution is 2.21. The van der Waals surface area contributed by atoms with Crippen molar-refractivity contribution in [1.29, 1.82) is 0 Å². The lowest BCUT2D eigenvalue weighted by molar-refractivity contribution is 0.122. The number of hydrogen-bond acceptors (Lipinski definition) is 2. The van der Waals surface area contributed by atoms with Gasteiger partial charge in [0, 0.05) is 12.6 Å². The van der Waals surface area contributed by atoms with Crippen molar-refractivity contribution < 1.29 is 0 Å². The van der Waals surface area contributed by atoms with Crippen LogP contribution in [-0.2, 0) is 0 Å². The summed E-state index contributed by atoms with van der Waals surface area (Å²) in [6, 6.07) is 0.551. The van der Waals surface area contributed by atoms with Crippen LogP contribution in [0.25, 0.3) is 0 Å². The Morgan fingerprint density at radius 2 is 2.31 bits per heavy atom. The number of piperidine rings is 1. The third-order valence-corrected chi connectivity index (χ3v) is 2.93. The van der Waals surface area contributed by atoms with Gasteiger partial charge in [0.15, 0.2) is 0 Å². The monoisotopic (exact) mass is 180 g/mol. The highest BCUT2D eigenvalue weighted by Gasteiger charge is 2.26. The maximum atomic E-state index is 5.77. The summed E-state index contributed by atoms with van der Waals surface area (Å²) >= 11 is 0. The van der Waals surface area contributed by atoms with Crippen LogP contribution in [-0.4, -0.2) is 30.6 Å². The van der Waals surface area contributed by atoms with Gasteiger partial charge in [0.1, 0.15) is 0 Å². The van der Waals surface area contributed by atoms with Crippen molar-refractivity contribution >= 4 is 0 Å². The minimum absolute atomic E-state index is 0.551. The SMILES string of the molecule is CC#CCN1CCCC(C)C1CN. The summed E-state index contributed by atoms with van der Waals surface area (Å²) in [6.07, 6.45) is 2.61. The first-order valence-corrected chi connectivity index (χ1v) is 5.13. The molecule has 1 fully saturated rings. The van der Waals surface area contributed by atoms with Gasteiger partial charge in [0.25, 0.3) is 0 Å². The molecule has 0 bridgehead atoms. The molecule has 0 aromatic heterocycles. The molecule has 1 rings (SSSR count). The van der Waals surface area contributed by atoms with E-state index in [0.29, 0.717) is 6.04 Å². The van der Waals surface area contributed by atoms with Crippen molar-refractivity contribution in [3.63, 3.8) is 0 Å². The summed E-state index contributed by atoms with van der Waals surface area (Å²) in [6.45, 7) is 7.02. The second-order valence-electron chi connectivity index (χ2n) is 3.82. The summed E-state index contributed by atoms with van der Waals surface area (Å²) < 4.78 is 0. The molecule has 0 radical (unpaired) electrons. The van der Waals surface area contributed by atoms with Crippen LogP contribution in [0, 0.1) is 17.8 Å². The molecule has 0 amide bonds. The van der Waals surface area contributed by atoms with Crippen molar-refractivity contribution in [1.82, 2.24) is 4.90 Å². The lowest BCUT2D eigenvalue weighted by Gasteiger charge is -2.38. The van der Waals surface area contributed by atoms with Crippen LogP contribution in [0.1, 0.15) is 26.7 Å². The lowest BCUT2D eigenvalue weighted by atomic mass is 9.91. The van der Waals surface area contributed by atoms with E-state index in [4.69, 9.17) is 5.73 Å².